The van der Waals surface area contributed by atoms with E-state index < -0.39 is 12.0 Å². The first-order chi connectivity index (χ1) is 14.1. The molecule has 0 radical (unpaired) electrons. The number of hydrogen-bond acceptors (Lipinski definition) is 6. The summed E-state index contributed by atoms with van der Waals surface area (Å²) in [5, 5.41) is 5.72. The highest BCUT2D eigenvalue weighted by molar-refractivity contribution is 5.95. The number of nitrogens with zero attached hydrogens (tertiary/aromatic N) is 1. The third-order valence-electron chi connectivity index (χ3n) is 5.68. The first kappa shape index (κ1) is 19.6. The summed E-state index contributed by atoms with van der Waals surface area (Å²) in [6.45, 7) is 5.83. The number of carbonyl (C=O) groups excluding carboxylic acids is 2. The molecule has 0 bridgehead atoms. The molecular formula is C21H27N3O5. The standard InChI is InChI=1S/C21H27N3O5/c1-3-27-20(25)18-15(11-24-9-5-4-6-13(24)2)22-21(26)23-19(18)14-7-8-16-17(10-14)29-12-28-16/h7-8,10,13,19H,3-6,9,11-12H2,1-2H3,(H2,22,23,26)/t13-,19-/m1/s1. The van der Waals surface area contributed by atoms with E-state index in [1.54, 1.807) is 19.1 Å². The normalized spacial score (nSPS) is 24.1. The van der Waals surface area contributed by atoms with E-state index >= 15 is 0 Å². The van der Waals surface area contributed by atoms with Crippen molar-refractivity contribution in [3.05, 3.63) is 35.0 Å². The van der Waals surface area contributed by atoms with E-state index in [-0.39, 0.29) is 19.4 Å². The molecule has 1 aromatic carbocycles. The molecule has 8 nitrogen and oxygen atoms in total. The molecule has 2 N–H and O–H groups in total. The molecule has 1 fully saturated rings. The highest BCUT2D eigenvalue weighted by Crippen LogP contribution is 2.37. The quantitative estimate of drug-likeness (QED) is 0.737. The molecule has 29 heavy (non-hydrogen) atoms. The molecule has 4 rings (SSSR count). The predicted octanol–water partition coefficient (Wildman–Crippen LogP) is 2.46. The molecule has 0 aromatic heterocycles. The van der Waals surface area contributed by atoms with E-state index in [0.29, 0.717) is 35.4 Å². The number of urea groups is 1. The summed E-state index contributed by atoms with van der Waals surface area (Å²) >= 11 is 0. The molecule has 8 heteroatoms. The minimum Gasteiger partial charge on any atom is -0.463 e. The van der Waals surface area contributed by atoms with Gasteiger partial charge in [0.1, 0.15) is 0 Å². The van der Waals surface area contributed by atoms with E-state index in [2.05, 4.69) is 22.5 Å². The average molecular weight is 401 g/mol. The van der Waals surface area contributed by atoms with E-state index in [1.807, 2.05) is 6.07 Å². The van der Waals surface area contributed by atoms with Crippen molar-refractivity contribution < 1.29 is 23.8 Å². The Balaban J connectivity index is 1.71. The fraction of sp³-hybridized carbons (Fsp3) is 0.524. The van der Waals surface area contributed by atoms with Gasteiger partial charge in [-0.1, -0.05) is 12.5 Å². The van der Waals surface area contributed by atoms with Crippen molar-refractivity contribution in [3.63, 3.8) is 0 Å². The number of nitrogens with one attached hydrogen (secondary N) is 2. The van der Waals surface area contributed by atoms with Crippen LogP contribution in [0.3, 0.4) is 0 Å². The maximum Gasteiger partial charge on any atom is 0.338 e. The van der Waals surface area contributed by atoms with Crippen molar-refractivity contribution in [3.8, 4) is 11.5 Å². The van der Waals surface area contributed by atoms with Crippen LogP contribution in [0.15, 0.2) is 29.5 Å². The molecule has 0 spiro atoms. The predicted molar refractivity (Wildman–Crippen MR) is 106 cm³/mol. The van der Waals surface area contributed by atoms with Crippen LogP contribution in [0.4, 0.5) is 4.79 Å². The van der Waals surface area contributed by atoms with Gasteiger partial charge < -0.3 is 24.8 Å². The fourth-order valence-corrected chi connectivity index (χ4v) is 4.13. The monoisotopic (exact) mass is 401 g/mol. The Kier molecular flexibility index (Phi) is 5.62. The number of amides is 2. The molecule has 3 aliphatic heterocycles. The molecule has 3 heterocycles. The maximum absolute atomic E-state index is 12.9. The van der Waals surface area contributed by atoms with Gasteiger partial charge in [-0.15, -0.1) is 0 Å². The van der Waals surface area contributed by atoms with Gasteiger partial charge in [-0.05, 0) is 50.9 Å². The summed E-state index contributed by atoms with van der Waals surface area (Å²) in [5.74, 6) is 0.824. The Hall–Kier alpha value is -2.74. The fourth-order valence-electron chi connectivity index (χ4n) is 4.13. The lowest BCUT2D eigenvalue weighted by molar-refractivity contribution is -0.139. The molecule has 2 atom stereocenters. The highest BCUT2D eigenvalue weighted by Gasteiger charge is 2.35. The summed E-state index contributed by atoms with van der Waals surface area (Å²) in [5.41, 5.74) is 1.78. The summed E-state index contributed by atoms with van der Waals surface area (Å²) in [6.07, 6.45) is 3.43. The van der Waals surface area contributed by atoms with Crippen molar-refractivity contribution in [2.75, 3.05) is 26.5 Å². The number of fused-ring (bicyclic) bond motifs is 1. The molecule has 0 unspecified atom stereocenters. The Morgan fingerprint density at radius 1 is 1.28 bits per heavy atom. The molecule has 3 aliphatic rings. The van der Waals surface area contributed by atoms with Gasteiger partial charge in [0.05, 0.1) is 18.2 Å². The van der Waals surface area contributed by atoms with Crippen LogP contribution in [0.1, 0.15) is 44.7 Å². The largest absolute Gasteiger partial charge is 0.463 e. The van der Waals surface area contributed by atoms with Gasteiger partial charge >= 0.3 is 12.0 Å². The average Bonchev–Trinajstić information content (AvgIpc) is 3.17. The van der Waals surface area contributed by atoms with E-state index in [1.165, 1.54) is 6.42 Å². The molecule has 1 aromatic rings. The van der Waals surface area contributed by atoms with Crippen molar-refractivity contribution >= 4 is 12.0 Å². The lowest BCUT2D eigenvalue weighted by Crippen LogP contribution is -2.50. The minimum absolute atomic E-state index is 0.163. The van der Waals surface area contributed by atoms with E-state index in [4.69, 9.17) is 14.2 Å². The van der Waals surface area contributed by atoms with Crippen molar-refractivity contribution in [1.82, 2.24) is 15.5 Å². The minimum atomic E-state index is -0.618. The van der Waals surface area contributed by atoms with E-state index in [0.717, 1.165) is 24.9 Å². The van der Waals surface area contributed by atoms with Crippen LogP contribution < -0.4 is 20.1 Å². The van der Waals surface area contributed by atoms with Gasteiger partial charge in [-0.3, -0.25) is 4.90 Å². The number of rotatable bonds is 5. The van der Waals surface area contributed by atoms with Crippen LogP contribution in [0, 0.1) is 0 Å². The Morgan fingerprint density at radius 2 is 2.10 bits per heavy atom. The topological polar surface area (TPSA) is 89.1 Å². The number of likely N-dealkylation sites (tertiary alicyclic amines) is 1. The Labute approximate surface area is 170 Å². The smallest absolute Gasteiger partial charge is 0.338 e. The molecule has 156 valence electrons. The number of hydrogen-bond donors (Lipinski definition) is 2. The van der Waals surface area contributed by atoms with Gasteiger partial charge in [0.15, 0.2) is 11.5 Å². The maximum atomic E-state index is 12.9. The second-order valence-corrected chi connectivity index (χ2v) is 7.57. The van der Waals surface area contributed by atoms with Crippen LogP contribution in [-0.4, -0.2) is 49.4 Å². The van der Waals surface area contributed by atoms with Crippen molar-refractivity contribution in [2.45, 2.75) is 45.2 Å². The number of ether oxygens (including phenoxy) is 3. The number of piperidine rings is 1. The highest BCUT2D eigenvalue weighted by atomic mass is 16.7. The molecule has 0 aliphatic carbocycles. The Bertz CT molecular complexity index is 838. The summed E-state index contributed by atoms with van der Waals surface area (Å²) in [6, 6.07) is 4.88. The zero-order chi connectivity index (χ0) is 20.4. The zero-order valence-electron chi connectivity index (χ0n) is 16.8. The van der Waals surface area contributed by atoms with E-state index in [9.17, 15) is 9.59 Å². The molecule has 0 saturated carbocycles. The second kappa shape index (κ2) is 8.32. The van der Waals surface area contributed by atoms with Gasteiger partial charge in [0.2, 0.25) is 6.79 Å². The summed E-state index contributed by atoms with van der Waals surface area (Å²) < 4.78 is 16.2. The molecule has 2 amide bonds. The first-order valence-corrected chi connectivity index (χ1v) is 10.2. The third-order valence-corrected chi connectivity index (χ3v) is 5.68. The number of carbonyl (C=O) groups is 2. The summed E-state index contributed by atoms with van der Waals surface area (Å²) in [7, 11) is 0. The lowest BCUT2D eigenvalue weighted by Gasteiger charge is -2.36. The number of esters is 1. The van der Waals surface area contributed by atoms with Crippen LogP contribution in [0.25, 0.3) is 0 Å². The first-order valence-electron chi connectivity index (χ1n) is 10.2. The van der Waals surface area contributed by atoms with Gasteiger partial charge in [-0.2, -0.15) is 0 Å². The Morgan fingerprint density at radius 3 is 2.90 bits per heavy atom. The third kappa shape index (κ3) is 4.03. The van der Waals surface area contributed by atoms with Crippen LogP contribution in [0.5, 0.6) is 11.5 Å². The number of benzene rings is 1. The van der Waals surface area contributed by atoms with Gasteiger partial charge in [0, 0.05) is 18.3 Å². The lowest BCUT2D eigenvalue weighted by atomic mass is 9.94. The van der Waals surface area contributed by atoms with Crippen LogP contribution in [-0.2, 0) is 9.53 Å². The second-order valence-electron chi connectivity index (χ2n) is 7.57. The molecular weight excluding hydrogens is 374 g/mol. The van der Waals surface area contributed by atoms with Crippen molar-refractivity contribution in [2.24, 2.45) is 0 Å². The van der Waals surface area contributed by atoms with Gasteiger partial charge in [-0.25, -0.2) is 9.59 Å². The SMILES string of the molecule is CCOC(=O)C1=C(CN2CCCC[C@H]2C)NC(=O)N[C@@H]1c1ccc2c(c1)OCO2. The zero-order valence-corrected chi connectivity index (χ0v) is 16.8. The van der Waals surface area contributed by atoms with Crippen LogP contribution >= 0.6 is 0 Å². The van der Waals surface area contributed by atoms with Gasteiger partial charge in [0.25, 0.3) is 0 Å². The summed E-state index contributed by atoms with van der Waals surface area (Å²) in [4.78, 5) is 27.7. The van der Waals surface area contributed by atoms with Crippen LogP contribution in [0.2, 0.25) is 0 Å². The van der Waals surface area contributed by atoms with Crippen molar-refractivity contribution in [1.29, 1.82) is 0 Å². The molecule has 1 saturated heterocycles.